The van der Waals surface area contributed by atoms with Crippen LogP contribution in [0.25, 0.3) is 10.8 Å². The molecule has 0 aromatic heterocycles. The molecule has 1 aliphatic rings. The van der Waals surface area contributed by atoms with E-state index in [2.05, 4.69) is 5.32 Å². The van der Waals surface area contributed by atoms with Gasteiger partial charge in [-0.05, 0) is 57.2 Å². The maximum atomic E-state index is 13.4. The van der Waals surface area contributed by atoms with Crippen molar-refractivity contribution in [2.24, 2.45) is 0 Å². The monoisotopic (exact) mass is 471 g/mol. The highest BCUT2D eigenvalue weighted by molar-refractivity contribution is 6.25. The van der Waals surface area contributed by atoms with Gasteiger partial charge in [0.1, 0.15) is 6.04 Å². The third-order valence-corrected chi connectivity index (χ3v) is 6.49. The normalized spacial score (nSPS) is 13.4. The van der Waals surface area contributed by atoms with Gasteiger partial charge < -0.3 is 15.1 Å². The van der Waals surface area contributed by atoms with E-state index in [1.807, 2.05) is 81.4 Å². The summed E-state index contributed by atoms with van der Waals surface area (Å²) < 4.78 is 0. The van der Waals surface area contributed by atoms with E-state index in [4.69, 9.17) is 0 Å². The molecule has 6 heteroatoms. The number of hydrogen-bond acceptors (Lipinski definition) is 3. The van der Waals surface area contributed by atoms with E-state index in [0.29, 0.717) is 25.1 Å². The van der Waals surface area contributed by atoms with E-state index in [9.17, 15) is 14.4 Å². The van der Waals surface area contributed by atoms with Crippen molar-refractivity contribution >= 4 is 34.2 Å². The Labute approximate surface area is 206 Å². The van der Waals surface area contributed by atoms with E-state index >= 15 is 0 Å². The molecule has 3 aromatic rings. The van der Waals surface area contributed by atoms with E-state index in [-0.39, 0.29) is 30.2 Å². The molecule has 0 spiro atoms. The van der Waals surface area contributed by atoms with Crippen molar-refractivity contribution in [2.75, 3.05) is 11.4 Å². The van der Waals surface area contributed by atoms with Gasteiger partial charge in [-0.25, -0.2) is 0 Å². The van der Waals surface area contributed by atoms with Crippen molar-refractivity contribution in [3.8, 4) is 0 Å². The molecule has 0 radical (unpaired) electrons. The Hall–Kier alpha value is -3.67. The van der Waals surface area contributed by atoms with Crippen LogP contribution in [-0.4, -0.2) is 41.2 Å². The highest BCUT2D eigenvalue weighted by Gasteiger charge is 2.30. The van der Waals surface area contributed by atoms with Gasteiger partial charge >= 0.3 is 0 Å². The van der Waals surface area contributed by atoms with Crippen molar-refractivity contribution in [3.05, 3.63) is 77.4 Å². The lowest BCUT2D eigenvalue weighted by molar-refractivity contribution is -0.140. The lowest BCUT2D eigenvalue weighted by atomic mass is 10.1. The van der Waals surface area contributed by atoms with E-state index in [1.54, 1.807) is 16.7 Å². The fraction of sp³-hybridized carbons (Fsp3) is 0.345. The summed E-state index contributed by atoms with van der Waals surface area (Å²) in [6.45, 7) is 8.40. The van der Waals surface area contributed by atoms with Gasteiger partial charge in [-0.1, -0.05) is 54.1 Å². The Morgan fingerprint density at radius 1 is 0.971 bits per heavy atom. The number of carbonyl (C=O) groups is 3. The first-order valence-electron chi connectivity index (χ1n) is 12.2. The first kappa shape index (κ1) is 24.5. The first-order valence-corrected chi connectivity index (χ1v) is 12.2. The number of nitrogens with zero attached hydrogens (tertiary/aromatic N) is 2. The van der Waals surface area contributed by atoms with Gasteiger partial charge in [-0.3, -0.25) is 14.4 Å². The Kier molecular flexibility index (Phi) is 7.20. The van der Waals surface area contributed by atoms with E-state index in [0.717, 1.165) is 27.6 Å². The summed E-state index contributed by atoms with van der Waals surface area (Å²) in [6, 6.07) is 19.1. The molecular weight excluding hydrogens is 438 g/mol. The molecule has 0 unspecified atom stereocenters. The molecule has 6 nitrogen and oxygen atoms in total. The summed E-state index contributed by atoms with van der Waals surface area (Å²) in [5.74, 6) is -0.290. The maximum Gasteiger partial charge on any atom is 0.258 e. The number of aryl methyl sites for hydroxylation is 1. The van der Waals surface area contributed by atoms with Crippen molar-refractivity contribution in [2.45, 2.75) is 59.2 Å². The molecule has 1 heterocycles. The maximum absolute atomic E-state index is 13.4. The SMILES string of the molecule is Cc1ccc(CN(C(=O)CCCN2C(=O)c3cccc4cccc2c34)[C@@H](C)C(=O)NC(C)C)cc1. The average molecular weight is 472 g/mol. The molecule has 1 atom stereocenters. The topological polar surface area (TPSA) is 69.7 Å². The van der Waals surface area contributed by atoms with Gasteiger partial charge in [-0.15, -0.1) is 0 Å². The van der Waals surface area contributed by atoms with Gasteiger partial charge in [0.15, 0.2) is 0 Å². The van der Waals surface area contributed by atoms with Crippen LogP contribution >= 0.6 is 0 Å². The van der Waals surface area contributed by atoms with E-state index < -0.39 is 6.04 Å². The third-order valence-electron chi connectivity index (χ3n) is 6.49. The van der Waals surface area contributed by atoms with Crippen LogP contribution in [0.5, 0.6) is 0 Å². The fourth-order valence-corrected chi connectivity index (χ4v) is 4.61. The zero-order chi connectivity index (χ0) is 25.1. The van der Waals surface area contributed by atoms with Crippen LogP contribution in [0.1, 0.15) is 55.1 Å². The molecule has 1 aliphatic heterocycles. The minimum Gasteiger partial charge on any atom is -0.352 e. The Morgan fingerprint density at radius 3 is 2.34 bits per heavy atom. The van der Waals surface area contributed by atoms with Crippen molar-refractivity contribution in [1.29, 1.82) is 0 Å². The molecule has 0 saturated carbocycles. The Balaban J connectivity index is 1.46. The van der Waals surface area contributed by atoms with Crippen LogP contribution in [0.2, 0.25) is 0 Å². The molecule has 4 rings (SSSR count). The second-order valence-corrected chi connectivity index (χ2v) is 9.59. The number of benzene rings is 3. The standard InChI is InChI=1S/C29H33N3O3/c1-19(2)30-28(34)21(4)32(18-22-15-13-20(3)14-16-22)26(33)12-7-17-31-25-11-6-9-23-8-5-10-24(27(23)25)29(31)35/h5-6,8-11,13-16,19,21H,7,12,17-18H2,1-4H3,(H,30,34)/t21-/m0/s1. The molecule has 1 N–H and O–H groups in total. The number of carbonyl (C=O) groups excluding carboxylic acids is 3. The van der Waals surface area contributed by atoms with E-state index in [1.165, 1.54) is 0 Å². The quantitative estimate of drug-likeness (QED) is 0.486. The first-order chi connectivity index (χ1) is 16.8. The molecule has 0 aliphatic carbocycles. The van der Waals surface area contributed by atoms with Gasteiger partial charge in [0.2, 0.25) is 11.8 Å². The summed E-state index contributed by atoms with van der Waals surface area (Å²) >= 11 is 0. The predicted octanol–water partition coefficient (Wildman–Crippen LogP) is 4.83. The van der Waals surface area contributed by atoms with Crippen molar-refractivity contribution in [3.63, 3.8) is 0 Å². The highest BCUT2D eigenvalue weighted by atomic mass is 16.2. The molecule has 0 saturated heterocycles. The minimum atomic E-state index is -0.599. The molecule has 3 aromatic carbocycles. The second kappa shape index (κ2) is 10.3. The number of hydrogen-bond donors (Lipinski definition) is 1. The zero-order valence-corrected chi connectivity index (χ0v) is 20.9. The second-order valence-electron chi connectivity index (χ2n) is 9.59. The van der Waals surface area contributed by atoms with Crippen LogP contribution in [0.4, 0.5) is 5.69 Å². The number of amides is 3. The molecule has 0 bridgehead atoms. The predicted molar refractivity (Wildman–Crippen MR) is 139 cm³/mol. The van der Waals surface area contributed by atoms with Gasteiger partial charge in [-0.2, -0.15) is 0 Å². The lowest BCUT2D eigenvalue weighted by Crippen LogP contribution is -2.49. The molecule has 182 valence electrons. The summed E-state index contributed by atoms with van der Waals surface area (Å²) in [7, 11) is 0. The Bertz CT molecular complexity index is 1240. The van der Waals surface area contributed by atoms with Gasteiger partial charge in [0.05, 0.1) is 5.69 Å². The molecule has 3 amide bonds. The van der Waals surface area contributed by atoms with Crippen molar-refractivity contribution in [1.82, 2.24) is 10.2 Å². The zero-order valence-electron chi connectivity index (χ0n) is 20.9. The minimum absolute atomic E-state index is 0.00760. The summed E-state index contributed by atoms with van der Waals surface area (Å²) in [5, 5.41) is 4.94. The molecular formula is C29H33N3O3. The lowest BCUT2D eigenvalue weighted by Gasteiger charge is -2.30. The number of nitrogens with one attached hydrogen (secondary N) is 1. The summed E-state index contributed by atoms with van der Waals surface area (Å²) in [4.78, 5) is 42.5. The molecule has 0 fully saturated rings. The number of anilines is 1. The van der Waals surface area contributed by atoms with Crippen LogP contribution < -0.4 is 10.2 Å². The van der Waals surface area contributed by atoms with Crippen LogP contribution in [0.3, 0.4) is 0 Å². The molecule has 35 heavy (non-hydrogen) atoms. The highest BCUT2D eigenvalue weighted by Crippen LogP contribution is 2.37. The largest absolute Gasteiger partial charge is 0.352 e. The third kappa shape index (κ3) is 5.21. The van der Waals surface area contributed by atoms with Crippen LogP contribution in [0, 0.1) is 6.92 Å². The average Bonchev–Trinajstić information content (AvgIpc) is 3.11. The number of rotatable bonds is 9. The van der Waals surface area contributed by atoms with Crippen LogP contribution in [-0.2, 0) is 16.1 Å². The summed E-state index contributed by atoms with van der Waals surface area (Å²) in [5.41, 5.74) is 3.73. The Morgan fingerprint density at radius 2 is 1.66 bits per heavy atom. The van der Waals surface area contributed by atoms with Crippen molar-refractivity contribution < 1.29 is 14.4 Å². The van der Waals surface area contributed by atoms with Gasteiger partial charge in [0.25, 0.3) is 5.91 Å². The van der Waals surface area contributed by atoms with Crippen LogP contribution in [0.15, 0.2) is 60.7 Å². The fourth-order valence-electron chi connectivity index (χ4n) is 4.61. The van der Waals surface area contributed by atoms with Gasteiger partial charge in [0, 0.05) is 36.5 Å². The smallest absolute Gasteiger partial charge is 0.258 e. The summed E-state index contributed by atoms with van der Waals surface area (Å²) in [6.07, 6.45) is 0.763.